The Kier molecular flexibility index (Phi) is 1.76. The molecular weight excluding hydrogens is 226 g/mol. The van der Waals surface area contributed by atoms with Crippen molar-refractivity contribution in [2.75, 3.05) is 5.73 Å². The minimum Gasteiger partial charge on any atom is -0.385 e. The predicted molar refractivity (Wildman–Crippen MR) is 65.8 cm³/mol. The van der Waals surface area contributed by atoms with Gasteiger partial charge in [0.2, 0.25) is 0 Å². The van der Waals surface area contributed by atoms with Crippen molar-refractivity contribution in [1.82, 2.24) is 9.97 Å². The second-order valence-electron chi connectivity index (χ2n) is 3.63. The van der Waals surface area contributed by atoms with Crippen molar-refractivity contribution in [3.05, 3.63) is 39.6 Å². The maximum Gasteiger partial charge on any atom is 0.259 e. The molecule has 0 fully saturated rings. The Morgan fingerprint density at radius 1 is 1.12 bits per heavy atom. The third-order valence-electron chi connectivity index (χ3n) is 2.59. The zero-order chi connectivity index (χ0) is 11.3. The van der Waals surface area contributed by atoms with E-state index >= 15 is 0 Å². The van der Waals surface area contributed by atoms with Crippen molar-refractivity contribution in [1.29, 1.82) is 0 Å². The van der Waals surface area contributed by atoms with Crippen LogP contribution < -0.4 is 11.3 Å². The Bertz CT molecular complexity index is 757. The van der Waals surface area contributed by atoms with Gasteiger partial charge in [-0.2, -0.15) is 0 Å². The Balaban J connectivity index is 2.69. The first-order valence-electron chi connectivity index (χ1n) is 4.75. The number of hydrogen-bond acceptors (Lipinski definition) is 2. The average Bonchev–Trinajstić information content (AvgIpc) is 2.56. The van der Waals surface area contributed by atoms with Crippen LogP contribution >= 0.6 is 11.6 Å². The smallest absolute Gasteiger partial charge is 0.259 e. The number of H-pyrrole nitrogens is 2. The number of hydrogen-bond donors (Lipinski definition) is 3. The molecule has 1 aromatic carbocycles. The first-order chi connectivity index (χ1) is 7.66. The van der Waals surface area contributed by atoms with Gasteiger partial charge in [0.1, 0.15) is 5.82 Å². The fourth-order valence-corrected chi connectivity index (χ4v) is 2.22. The minimum atomic E-state index is -0.227. The molecule has 2 aromatic heterocycles. The van der Waals surface area contributed by atoms with E-state index in [1.807, 2.05) is 12.1 Å². The summed E-state index contributed by atoms with van der Waals surface area (Å²) in [5.74, 6) is 0.333. The highest BCUT2D eigenvalue weighted by molar-refractivity contribution is 6.37. The molecule has 0 atom stereocenters. The number of nitrogens with one attached hydrogen (secondary N) is 2. The second-order valence-corrected chi connectivity index (χ2v) is 4.04. The maximum atomic E-state index is 11.8. The number of anilines is 1. The fraction of sp³-hybridized carbons (Fsp3) is 0. The summed E-state index contributed by atoms with van der Waals surface area (Å²) in [6, 6.07) is 7.15. The molecule has 0 aliphatic heterocycles. The summed E-state index contributed by atoms with van der Waals surface area (Å²) in [5.41, 5.74) is 6.88. The number of pyridine rings is 1. The van der Waals surface area contributed by atoms with Gasteiger partial charge in [-0.15, -0.1) is 0 Å². The normalized spacial score (nSPS) is 11.3. The van der Waals surface area contributed by atoms with Crippen molar-refractivity contribution in [2.45, 2.75) is 0 Å². The lowest BCUT2D eigenvalue weighted by molar-refractivity contribution is 1.29. The number of rotatable bonds is 0. The van der Waals surface area contributed by atoms with E-state index in [2.05, 4.69) is 9.97 Å². The van der Waals surface area contributed by atoms with Crippen LogP contribution in [0.25, 0.3) is 21.8 Å². The topological polar surface area (TPSA) is 74.7 Å². The largest absolute Gasteiger partial charge is 0.385 e. The van der Waals surface area contributed by atoms with Gasteiger partial charge in [-0.1, -0.05) is 17.7 Å². The molecule has 0 aliphatic rings. The van der Waals surface area contributed by atoms with Gasteiger partial charge in [-0.25, -0.2) is 0 Å². The Morgan fingerprint density at radius 3 is 2.75 bits per heavy atom. The van der Waals surface area contributed by atoms with Gasteiger partial charge in [0.15, 0.2) is 0 Å². The molecule has 3 aromatic rings. The van der Waals surface area contributed by atoms with Gasteiger partial charge in [0, 0.05) is 17.0 Å². The first-order valence-corrected chi connectivity index (χ1v) is 5.13. The summed E-state index contributed by atoms with van der Waals surface area (Å²) in [6.07, 6.45) is 0. The van der Waals surface area contributed by atoms with Crippen LogP contribution in [0, 0.1) is 0 Å². The van der Waals surface area contributed by atoms with Crippen LogP contribution in [-0.4, -0.2) is 9.97 Å². The molecule has 4 N–H and O–H groups in total. The van der Waals surface area contributed by atoms with Crippen molar-refractivity contribution in [3.63, 3.8) is 0 Å². The molecule has 0 aliphatic carbocycles. The highest BCUT2D eigenvalue weighted by Gasteiger charge is 2.10. The van der Waals surface area contributed by atoms with Crippen LogP contribution in [0.5, 0.6) is 0 Å². The summed E-state index contributed by atoms with van der Waals surface area (Å²) < 4.78 is 0. The number of nitrogens with two attached hydrogens (primary N) is 1. The van der Waals surface area contributed by atoms with Crippen molar-refractivity contribution in [3.8, 4) is 0 Å². The summed E-state index contributed by atoms with van der Waals surface area (Å²) in [4.78, 5) is 17.5. The average molecular weight is 234 g/mol. The highest BCUT2D eigenvalue weighted by Crippen LogP contribution is 2.29. The van der Waals surface area contributed by atoms with Crippen LogP contribution in [-0.2, 0) is 0 Å². The number of benzene rings is 1. The zero-order valence-corrected chi connectivity index (χ0v) is 8.93. The molecule has 0 saturated carbocycles. The lowest BCUT2D eigenvalue weighted by Gasteiger charge is -1.94. The van der Waals surface area contributed by atoms with Gasteiger partial charge in [0.05, 0.1) is 15.9 Å². The number of fused-ring (bicyclic) bond motifs is 3. The number of aromatic nitrogens is 2. The van der Waals surface area contributed by atoms with E-state index in [9.17, 15) is 4.79 Å². The molecule has 0 spiro atoms. The van der Waals surface area contributed by atoms with Crippen molar-refractivity contribution >= 4 is 39.2 Å². The summed E-state index contributed by atoms with van der Waals surface area (Å²) in [7, 11) is 0. The number of halogens is 1. The van der Waals surface area contributed by atoms with Crippen LogP contribution in [0.4, 0.5) is 5.82 Å². The van der Waals surface area contributed by atoms with Crippen LogP contribution in [0.2, 0.25) is 5.02 Å². The first kappa shape index (κ1) is 9.30. The van der Waals surface area contributed by atoms with Gasteiger partial charge in [-0.05, 0) is 12.1 Å². The summed E-state index contributed by atoms with van der Waals surface area (Å²) >= 11 is 6.09. The van der Waals surface area contributed by atoms with E-state index in [4.69, 9.17) is 17.3 Å². The molecule has 0 radical (unpaired) electrons. The Hall–Kier alpha value is -1.94. The lowest BCUT2D eigenvalue weighted by Crippen LogP contribution is -2.07. The maximum absolute atomic E-state index is 11.8. The summed E-state index contributed by atoms with van der Waals surface area (Å²) in [6.45, 7) is 0. The molecule has 0 amide bonds. The minimum absolute atomic E-state index is 0.227. The van der Waals surface area contributed by atoms with E-state index in [-0.39, 0.29) is 5.56 Å². The molecule has 0 unspecified atom stereocenters. The number of aromatic amines is 2. The molecule has 5 heteroatoms. The third-order valence-corrected chi connectivity index (χ3v) is 2.90. The van der Waals surface area contributed by atoms with Gasteiger partial charge < -0.3 is 15.7 Å². The standard InChI is InChI=1S/C11H8ClN3O/c12-5-2-1-3-6-9(5)10-7(14-6)4-8(13)15-11(10)16/h1-4,14H,(H3,13,15,16). The molecule has 4 nitrogen and oxygen atoms in total. The molecule has 2 heterocycles. The van der Waals surface area contributed by atoms with Crippen molar-refractivity contribution in [2.24, 2.45) is 0 Å². The van der Waals surface area contributed by atoms with Crippen LogP contribution in [0.1, 0.15) is 0 Å². The third kappa shape index (κ3) is 1.13. The molecule has 3 rings (SSSR count). The summed E-state index contributed by atoms with van der Waals surface area (Å²) in [5, 5.41) is 1.84. The van der Waals surface area contributed by atoms with Gasteiger partial charge in [0.25, 0.3) is 5.56 Å². The highest BCUT2D eigenvalue weighted by atomic mass is 35.5. The molecule has 0 saturated heterocycles. The van der Waals surface area contributed by atoms with E-state index in [0.717, 1.165) is 10.9 Å². The quantitative estimate of drug-likeness (QED) is 0.557. The van der Waals surface area contributed by atoms with Crippen LogP contribution in [0.15, 0.2) is 29.1 Å². The van der Waals surface area contributed by atoms with E-state index in [1.165, 1.54) is 0 Å². The SMILES string of the molecule is Nc1cc2[nH]c3cccc(Cl)c3c2c(=O)[nH]1. The second kappa shape index (κ2) is 3.02. The zero-order valence-electron chi connectivity index (χ0n) is 8.17. The van der Waals surface area contributed by atoms with Gasteiger partial charge in [-0.3, -0.25) is 4.79 Å². The van der Waals surface area contributed by atoms with Gasteiger partial charge >= 0.3 is 0 Å². The molecule has 80 valence electrons. The van der Waals surface area contributed by atoms with Crippen LogP contribution in [0.3, 0.4) is 0 Å². The Morgan fingerprint density at radius 2 is 1.94 bits per heavy atom. The van der Waals surface area contributed by atoms with E-state index in [0.29, 0.717) is 21.7 Å². The number of nitrogen functional groups attached to an aromatic ring is 1. The Labute approximate surface area is 95.0 Å². The molecule has 0 bridgehead atoms. The van der Waals surface area contributed by atoms with Crippen molar-refractivity contribution < 1.29 is 0 Å². The lowest BCUT2D eigenvalue weighted by atomic mass is 10.2. The monoisotopic (exact) mass is 233 g/mol. The molecular formula is C11H8ClN3O. The van der Waals surface area contributed by atoms with E-state index in [1.54, 1.807) is 12.1 Å². The molecule has 16 heavy (non-hydrogen) atoms. The fourth-order valence-electron chi connectivity index (χ4n) is 1.95. The predicted octanol–water partition coefficient (Wildman–Crippen LogP) is 2.25. The van der Waals surface area contributed by atoms with E-state index < -0.39 is 0 Å².